The predicted octanol–water partition coefficient (Wildman–Crippen LogP) is 5.73. The minimum Gasteiger partial charge on any atom is -0.493 e. The number of H-pyrrole nitrogens is 1. The Bertz CT molecular complexity index is 1500. The number of methoxy groups -OCH3 is 1. The van der Waals surface area contributed by atoms with Crippen molar-refractivity contribution in [2.75, 3.05) is 53.1 Å². The van der Waals surface area contributed by atoms with Crippen molar-refractivity contribution >= 4 is 17.0 Å². The molecule has 0 spiro atoms. The molecule has 1 unspecified atom stereocenters. The van der Waals surface area contributed by atoms with E-state index < -0.39 is 0 Å². The van der Waals surface area contributed by atoms with Crippen LogP contribution in [0.3, 0.4) is 0 Å². The number of benzene rings is 3. The van der Waals surface area contributed by atoms with E-state index >= 15 is 0 Å². The monoisotopic (exact) mass is 555 g/mol. The van der Waals surface area contributed by atoms with Crippen LogP contribution in [0, 0.1) is 6.92 Å². The number of nitrogens with zero attached hydrogens (tertiary/aromatic N) is 2. The number of fused-ring (bicyclic) bond motifs is 3. The molecule has 8 heteroatoms. The third kappa shape index (κ3) is 5.89. The second kappa shape index (κ2) is 12.2. The van der Waals surface area contributed by atoms with Crippen LogP contribution in [0.1, 0.15) is 34.8 Å². The van der Waals surface area contributed by atoms with Gasteiger partial charge in [-0.2, -0.15) is 0 Å². The number of aromatic nitrogens is 1. The predicted molar refractivity (Wildman–Crippen MR) is 158 cm³/mol. The summed E-state index contributed by atoms with van der Waals surface area (Å²) in [7, 11) is 1.65. The van der Waals surface area contributed by atoms with Crippen molar-refractivity contribution in [3.63, 3.8) is 0 Å². The summed E-state index contributed by atoms with van der Waals surface area (Å²) in [4.78, 5) is 21.4. The molecule has 6 rings (SSSR count). The van der Waals surface area contributed by atoms with Gasteiger partial charge in [0.25, 0.3) is 0 Å². The number of carbonyl (C=O) groups is 1. The highest BCUT2D eigenvalue weighted by Gasteiger charge is 2.36. The van der Waals surface area contributed by atoms with Crippen molar-refractivity contribution < 1.29 is 23.7 Å². The van der Waals surface area contributed by atoms with E-state index in [4.69, 9.17) is 18.9 Å². The first kappa shape index (κ1) is 27.2. The van der Waals surface area contributed by atoms with Gasteiger partial charge >= 0.3 is 6.09 Å². The van der Waals surface area contributed by atoms with Crippen LogP contribution in [0.25, 0.3) is 10.9 Å². The van der Waals surface area contributed by atoms with Crippen molar-refractivity contribution in [3.05, 3.63) is 89.1 Å². The molecule has 2 aliphatic rings. The van der Waals surface area contributed by atoms with Gasteiger partial charge in [0.15, 0.2) is 11.5 Å². The molecule has 4 aromatic rings. The Balaban J connectivity index is 1.28. The number of morpholine rings is 1. The quantitative estimate of drug-likeness (QED) is 0.280. The summed E-state index contributed by atoms with van der Waals surface area (Å²) in [6.45, 7) is 7.75. The van der Waals surface area contributed by atoms with Gasteiger partial charge in [-0.05, 0) is 67.3 Å². The lowest BCUT2D eigenvalue weighted by Crippen LogP contribution is -2.42. The Morgan fingerprint density at radius 3 is 2.63 bits per heavy atom. The van der Waals surface area contributed by atoms with Crippen LogP contribution in [-0.2, 0) is 11.2 Å². The van der Waals surface area contributed by atoms with Crippen LogP contribution in [0.2, 0.25) is 0 Å². The average Bonchev–Trinajstić information content (AvgIpc) is 3.37. The summed E-state index contributed by atoms with van der Waals surface area (Å²) in [5.74, 6) is 1.86. The zero-order valence-electron chi connectivity index (χ0n) is 23.7. The number of aromatic amines is 1. The molecular weight excluding hydrogens is 518 g/mol. The number of hydrogen-bond acceptors (Lipinski definition) is 6. The van der Waals surface area contributed by atoms with Gasteiger partial charge in [0.1, 0.15) is 11.8 Å². The highest BCUT2D eigenvalue weighted by atomic mass is 16.6. The molecule has 0 aliphatic carbocycles. The van der Waals surface area contributed by atoms with Gasteiger partial charge in [0.2, 0.25) is 0 Å². The number of nitrogens with one attached hydrogen (secondary N) is 1. The molecule has 1 fully saturated rings. The van der Waals surface area contributed by atoms with Gasteiger partial charge < -0.3 is 23.9 Å². The Labute approximate surface area is 240 Å². The number of aryl methyl sites for hydroxylation is 1. The first-order valence-electron chi connectivity index (χ1n) is 14.4. The van der Waals surface area contributed by atoms with Crippen molar-refractivity contribution in [2.45, 2.75) is 25.8 Å². The van der Waals surface area contributed by atoms with E-state index in [-0.39, 0.29) is 12.1 Å². The fourth-order valence-corrected chi connectivity index (χ4v) is 5.86. The molecule has 1 amide bonds. The average molecular weight is 556 g/mol. The van der Waals surface area contributed by atoms with Gasteiger partial charge in [-0.25, -0.2) is 4.79 Å². The van der Waals surface area contributed by atoms with Crippen molar-refractivity contribution in [1.29, 1.82) is 0 Å². The summed E-state index contributed by atoms with van der Waals surface area (Å²) in [5, 5.41) is 1.20. The first-order chi connectivity index (χ1) is 20.1. The van der Waals surface area contributed by atoms with Gasteiger partial charge in [-0.3, -0.25) is 9.80 Å². The molecule has 1 saturated heterocycles. The molecule has 3 aromatic carbocycles. The third-order valence-electron chi connectivity index (χ3n) is 7.95. The molecule has 41 heavy (non-hydrogen) atoms. The SMILES string of the molecule is COc1cc(C2c3[nH]c4ccc(C)cc4c3CCN2C(=O)Oc2ccccc2)ccc1OCCCN1CCOCC1. The fraction of sp³-hybridized carbons (Fsp3) is 0.364. The van der Waals surface area contributed by atoms with E-state index in [0.717, 1.165) is 62.5 Å². The lowest BCUT2D eigenvalue weighted by atomic mass is 9.92. The van der Waals surface area contributed by atoms with Crippen LogP contribution in [0.15, 0.2) is 66.7 Å². The van der Waals surface area contributed by atoms with Gasteiger partial charge in [-0.15, -0.1) is 0 Å². The minimum absolute atomic E-state index is 0.369. The smallest absolute Gasteiger partial charge is 0.416 e. The van der Waals surface area contributed by atoms with Gasteiger partial charge in [0.05, 0.1) is 26.9 Å². The fourth-order valence-electron chi connectivity index (χ4n) is 5.86. The number of ether oxygens (including phenoxy) is 4. The maximum absolute atomic E-state index is 13.6. The van der Waals surface area contributed by atoms with Crippen LogP contribution in [0.5, 0.6) is 17.2 Å². The second-order valence-electron chi connectivity index (χ2n) is 10.7. The van der Waals surface area contributed by atoms with E-state index in [1.807, 2.05) is 36.4 Å². The van der Waals surface area contributed by atoms with Crippen LogP contribution in [0.4, 0.5) is 4.79 Å². The van der Waals surface area contributed by atoms with Crippen LogP contribution < -0.4 is 14.2 Å². The highest BCUT2D eigenvalue weighted by molar-refractivity contribution is 5.87. The van der Waals surface area contributed by atoms with Gasteiger partial charge in [-0.1, -0.05) is 35.9 Å². The molecule has 214 valence electrons. The van der Waals surface area contributed by atoms with Crippen molar-refractivity contribution in [1.82, 2.24) is 14.8 Å². The van der Waals surface area contributed by atoms with Gasteiger partial charge in [0, 0.05) is 42.8 Å². The molecule has 1 atom stereocenters. The topological polar surface area (TPSA) is 76.3 Å². The molecule has 0 bridgehead atoms. The van der Waals surface area contributed by atoms with E-state index in [9.17, 15) is 4.79 Å². The number of para-hydroxylation sites is 1. The zero-order chi connectivity index (χ0) is 28.2. The number of amides is 1. The summed E-state index contributed by atoms with van der Waals surface area (Å²) in [6.07, 6.45) is 1.27. The Hall–Kier alpha value is -4.01. The molecule has 0 radical (unpaired) electrons. The Kier molecular flexibility index (Phi) is 8.11. The summed E-state index contributed by atoms with van der Waals surface area (Å²) in [5.41, 5.74) is 5.44. The summed E-state index contributed by atoms with van der Waals surface area (Å²) < 4.78 is 23.2. The zero-order valence-corrected chi connectivity index (χ0v) is 23.7. The Morgan fingerprint density at radius 1 is 1.00 bits per heavy atom. The largest absolute Gasteiger partial charge is 0.493 e. The number of carbonyl (C=O) groups excluding carboxylic acids is 1. The molecule has 3 heterocycles. The normalized spacial score (nSPS) is 17.3. The lowest BCUT2D eigenvalue weighted by Gasteiger charge is -2.35. The van der Waals surface area contributed by atoms with E-state index in [1.165, 1.54) is 16.5 Å². The molecule has 2 aliphatic heterocycles. The molecule has 1 N–H and O–H groups in total. The molecule has 1 aromatic heterocycles. The first-order valence-corrected chi connectivity index (χ1v) is 14.4. The number of hydrogen-bond donors (Lipinski definition) is 1. The Morgan fingerprint density at radius 2 is 1.83 bits per heavy atom. The summed E-state index contributed by atoms with van der Waals surface area (Å²) >= 11 is 0. The molecular formula is C33H37N3O5. The van der Waals surface area contributed by atoms with E-state index in [2.05, 4.69) is 35.0 Å². The molecule has 0 saturated carbocycles. The van der Waals surface area contributed by atoms with E-state index in [0.29, 0.717) is 30.4 Å². The number of rotatable bonds is 8. The maximum Gasteiger partial charge on any atom is 0.416 e. The second-order valence-corrected chi connectivity index (χ2v) is 10.7. The maximum atomic E-state index is 13.6. The van der Waals surface area contributed by atoms with Crippen LogP contribution >= 0.6 is 0 Å². The summed E-state index contributed by atoms with van der Waals surface area (Å²) in [6, 6.07) is 21.2. The third-order valence-corrected chi connectivity index (χ3v) is 7.95. The van der Waals surface area contributed by atoms with Crippen molar-refractivity contribution in [2.24, 2.45) is 0 Å². The van der Waals surface area contributed by atoms with E-state index in [1.54, 1.807) is 24.1 Å². The minimum atomic E-state index is -0.385. The highest BCUT2D eigenvalue weighted by Crippen LogP contribution is 2.41. The van der Waals surface area contributed by atoms with Crippen molar-refractivity contribution in [3.8, 4) is 17.2 Å². The lowest BCUT2D eigenvalue weighted by molar-refractivity contribution is 0.0357. The molecule has 8 nitrogen and oxygen atoms in total. The van der Waals surface area contributed by atoms with Crippen LogP contribution in [-0.4, -0.2) is 74.0 Å². The standard InChI is InChI=1S/C33H37N3O5/c1-23-9-11-28-27(21-23)26-13-15-36(33(37)41-25-7-4-3-5-8-25)32(31(26)34-28)24-10-12-29(30(22-24)38-2)40-18-6-14-35-16-19-39-20-17-35/h3-5,7-12,21-22,32,34H,6,13-20H2,1-2H3.